The van der Waals surface area contributed by atoms with E-state index >= 15 is 0 Å². The zero-order valence-corrected chi connectivity index (χ0v) is 17.1. The van der Waals surface area contributed by atoms with E-state index in [2.05, 4.69) is 51.3 Å². The number of carbonyl (C=O) groups excluding carboxylic acids is 1. The maximum absolute atomic E-state index is 12.1. The molecular formula is C24H20N6O. The van der Waals surface area contributed by atoms with Gasteiger partial charge < -0.3 is 4.57 Å². The number of hydrogen-bond acceptors (Lipinski definition) is 5. The highest BCUT2D eigenvalue weighted by Crippen LogP contribution is 2.29. The summed E-state index contributed by atoms with van der Waals surface area (Å²) >= 11 is 0. The molecule has 1 aromatic carbocycles. The van der Waals surface area contributed by atoms with Crippen molar-refractivity contribution in [2.45, 2.75) is 19.9 Å². The first kappa shape index (κ1) is 20.0. The van der Waals surface area contributed by atoms with Gasteiger partial charge in [-0.05, 0) is 56.2 Å². The minimum Gasteiger partial charge on any atom is -0.311 e. The highest BCUT2D eigenvalue weighted by atomic mass is 16.1. The normalized spacial score (nSPS) is 10.4. The van der Waals surface area contributed by atoms with Crippen LogP contribution in [0, 0.1) is 12.0 Å². The predicted molar refractivity (Wildman–Crippen MR) is 118 cm³/mol. The molecule has 0 fully saturated rings. The van der Waals surface area contributed by atoms with Crippen molar-refractivity contribution in [3.63, 3.8) is 0 Å². The largest absolute Gasteiger partial charge is 0.311 e. The molecule has 7 nitrogen and oxygen atoms in total. The molecule has 0 radical (unpaired) electrons. The van der Waals surface area contributed by atoms with Crippen molar-refractivity contribution in [2.75, 3.05) is 0 Å². The van der Waals surface area contributed by atoms with E-state index in [0.29, 0.717) is 22.5 Å². The quantitative estimate of drug-likeness (QED) is 0.411. The van der Waals surface area contributed by atoms with Crippen molar-refractivity contribution < 1.29 is 4.79 Å². The van der Waals surface area contributed by atoms with Crippen LogP contribution < -0.4 is 5.32 Å². The average molecular weight is 408 g/mol. The number of pyridine rings is 2. The third-order valence-electron chi connectivity index (χ3n) is 4.60. The summed E-state index contributed by atoms with van der Waals surface area (Å²) in [4.78, 5) is 21.1. The van der Waals surface area contributed by atoms with Crippen molar-refractivity contribution in [3.8, 4) is 34.7 Å². The number of hydrogen-bond donors (Lipinski definition) is 1. The maximum atomic E-state index is 12.1. The van der Waals surface area contributed by atoms with Crippen LogP contribution in [0.1, 0.15) is 35.8 Å². The summed E-state index contributed by atoms with van der Waals surface area (Å²) in [6, 6.07) is 19.3. The standard InChI is InChI=1S/C24H20N6O/c1-17(2)30-16-28-29-23(30)20-9-6-12-26-22(20)21-15-18(10-13-25-21)11-14-27-24(31)19-7-4-3-5-8-19/h3-10,12-13,15-17H,1-2H3,(H,27,31). The first-order valence-corrected chi connectivity index (χ1v) is 9.81. The lowest BCUT2D eigenvalue weighted by atomic mass is 10.1. The topological polar surface area (TPSA) is 85.6 Å². The molecule has 0 saturated heterocycles. The zero-order chi connectivity index (χ0) is 21.6. The number of aromatic nitrogens is 5. The zero-order valence-electron chi connectivity index (χ0n) is 17.1. The van der Waals surface area contributed by atoms with E-state index in [9.17, 15) is 4.79 Å². The third kappa shape index (κ3) is 4.49. The first-order chi connectivity index (χ1) is 15.1. The number of benzene rings is 1. The molecule has 152 valence electrons. The van der Waals surface area contributed by atoms with Crippen molar-refractivity contribution in [2.24, 2.45) is 0 Å². The summed E-state index contributed by atoms with van der Waals surface area (Å²) in [7, 11) is 0. The average Bonchev–Trinajstić information content (AvgIpc) is 3.30. The number of nitrogens with zero attached hydrogens (tertiary/aromatic N) is 5. The van der Waals surface area contributed by atoms with Crippen LogP contribution in [-0.2, 0) is 0 Å². The van der Waals surface area contributed by atoms with Gasteiger partial charge >= 0.3 is 0 Å². The molecule has 0 atom stereocenters. The van der Waals surface area contributed by atoms with Crippen molar-refractivity contribution >= 4 is 5.91 Å². The van der Waals surface area contributed by atoms with Crippen LogP contribution in [0.2, 0.25) is 0 Å². The Morgan fingerprint density at radius 3 is 2.68 bits per heavy atom. The fraction of sp³-hybridized carbons (Fsp3) is 0.125. The van der Waals surface area contributed by atoms with Gasteiger partial charge in [0.05, 0.1) is 11.4 Å². The third-order valence-corrected chi connectivity index (χ3v) is 4.60. The van der Waals surface area contributed by atoms with Gasteiger partial charge in [0, 0.05) is 41.2 Å². The molecule has 0 aliphatic carbocycles. The lowest BCUT2D eigenvalue weighted by Crippen LogP contribution is -2.17. The molecule has 3 aromatic heterocycles. The van der Waals surface area contributed by atoms with Gasteiger partial charge in [-0.1, -0.05) is 18.2 Å². The van der Waals surface area contributed by atoms with Crippen LogP contribution in [-0.4, -0.2) is 30.6 Å². The van der Waals surface area contributed by atoms with Gasteiger partial charge in [0.15, 0.2) is 5.82 Å². The fourth-order valence-electron chi connectivity index (χ4n) is 3.06. The van der Waals surface area contributed by atoms with Crippen LogP contribution in [0.15, 0.2) is 73.3 Å². The summed E-state index contributed by atoms with van der Waals surface area (Å²) < 4.78 is 1.99. The van der Waals surface area contributed by atoms with E-state index in [1.807, 2.05) is 41.0 Å². The molecular weight excluding hydrogens is 388 g/mol. The van der Waals surface area contributed by atoms with Gasteiger partial charge in [-0.15, -0.1) is 10.2 Å². The second-order valence-electron chi connectivity index (χ2n) is 7.06. The summed E-state index contributed by atoms with van der Waals surface area (Å²) in [5, 5.41) is 10.9. The van der Waals surface area contributed by atoms with E-state index in [-0.39, 0.29) is 11.9 Å². The molecule has 0 unspecified atom stereocenters. The lowest BCUT2D eigenvalue weighted by molar-refractivity contribution is 0.0973. The molecule has 7 heteroatoms. The molecule has 0 saturated carbocycles. The Balaban J connectivity index is 1.62. The van der Waals surface area contributed by atoms with Gasteiger partial charge in [-0.2, -0.15) is 0 Å². The summed E-state index contributed by atoms with van der Waals surface area (Å²) in [5.41, 5.74) is 3.45. The van der Waals surface area contributed by atoms with Crippen LogP contribution in [0.25, 0.3) is 22.8 Å². The van der Waals surface area contributed by atoms with E-state index in [1.54, 1.807) is 36.9 Å². The SMILES string of the molecule is CC(C)n1cnnc1-c1cccnc1-c1cc(C#CNC(=O)c2ccccc2)ccn1. The smallest absolute Gasteiger partial charge is 0.262 e. The monoisotopic (exact) mass is 408 g/mol. The molecule has 3 heterocycles. The van der Waals surface area contributed by atoms with Gasteiger partial charge in [-0.3, -0.25) is 20.1 Å². The van der Waals surface area contributed by atoms with Crippen LogP contribution >= 0.6 is 0 Å². The second kappa shape index (κ2) is 9.01. The molecule has 0 spiro atoms. The van der Waals surface area contributed by atoms with Crippen LogP contribution in [0.5, 0.6) is 0 Å². The Hall–Kier alpha value is -4.31. The summed E-state index contributed by atoms with van der Waals surface area (Å²) in [6.07, 6.45) is 5.10. The first-order valence-electron chi connectivity index (χ1n) is 9.81. The van der Waals surface area contributed by atoms with E-state index < -0.39 is 0 Å². The Labute approximate surface area is 180 Å². The Morgan fingerprint density at radius 2 is 1.87 bits per heavy atom. The summed E-state index contributed by atoms with van der Waals surface area (Å²) in [6.45, 7) is 4.14. The Morgan fingerprint density at radius 1 is 1.03 bits per heavy atom. The van der Waals surface area contributed by atoms with Crippen molar-refractivity contribution in [3.05, 3.63) is 84.4 Å². The predicted octanol–water partition coefficient (Wildman–Crippen LogP) is 3.72. The minimum atomic E-state index is -0.248. The lowest BCUT2D eigenvalue weighted by Gasteiger charge is -2.12. The Bertz CT molecular complexity index is 1270. The van der Waals surface area contributed by atoms with Crippen LogP contribution in [0.3, 0.4) is 0 Å². The van der Waals surface area contributed by atoms with Crippen molar-refractivity contribution in [1.82, 2.24) is 30.0 Å². The molecule has 4 rings (SSSR count). The molecule has 0 aliphatic rings. The van der Waals surface area contributed by atoms with Crippen LogP contribution in [0.4, 0.5) is 0 Å². The van der Waals surface area contributed by atoms with E-state index in [0.717, 1.165) is 11.4 Å². The molecule has 1 amide bonds. The molecule has 31 heavy (non-hydrogen) atoms. The minimum absolute atomic E-state index is 0.205. The van der Waals surface area contributed by atoms with E-state index in [1.165, 1.54) is 0 Å². The molecule has 4 aromatic rings. The highest BCUT2D eigenvalue weighted by Gasteiger charge is 2.16. The van der Waals surface area contributed by atoms with E-state index in [4.69, 9.17) is 0 Å². The molecule has 1 N–H and O–H groups in total. The number of rotatable bonds is 4. The molecule has 0 bridgehead atoms. The number of nitrogens with one attached hydrogen (secondary N) is 1. The van der Waals surface area contributed by atoms with Gasteiger partial charge in [0.2, 0.25) is 0 Å². The number of amides is 1. The highest BCUT2D eigenvalue weighted by molar-refractivity contribution is 5.95. The van der Waals surface area contributed by atoms with Gasteiger partial charge in [-0.25, -0.2) is 0 Å². The number of carbonyl (C=O) groups is 1. The molecule has 0 aliphatic heterocycles. The Kier molecular flexibility index (Phi) is 5.81. The van der Waals surface area contributed by atoms with Gasteiger partial charge in [0.25, 0.3) is 5.91 Å². The fourth-order valence-corrected chi connectivity index (χ4v) is 3.06. The van der Waals surface area contributed by atoms with Gasteiger partial charge in [0.1, 0.15) is 6.33 Å². The second-order valence-corrected chi connectivity index (χ2v) is 7.06. The van der Waals surface area contributed by atoms with Crippen molar-refractivity contribution in [1.29, 1.82) is 0 Å². The summed E-state index contributed by atoms with van der Waals surface area (Å²) in [5.74, 6) is 3.44. The maximum Gasteiger partial charge on any atom is 0.262 e.